The molecule has 3 aromatic rings. The molecule has 0 aliphatic carbocycles. The van der Waals surface area contributed by atoms with Crippen molar-refractivity contribution in [1.29, 1.82) is 0 Å². The summed E-state index contributed by atoms with van der Waals surface area (Å²) < 4.78 is 27.2. The number of hydrogen-bond donors (Lipinski definition) is 0. The Labute approximate surface area is 183 Å². The molecule has 1 atom stereocenters. The smallest absolute Gasteiger partial charge is 0.271 e. The van der Waals surface area contributed by atoms with E-state index in [-0.39, 0.29) is 4.91 Å². The molecule has 6 heteroatoms. The minimum absolute atomic E-state index is 0.195. The monoisotopic (exact) mass is 432 g/mol. The minimum Gasteiger partial charge on any atom is -0.378 e. The Kier molecular flexibility index (Phi) is 5.41. The number of hydrogen-bond acceptors (Lipinski definition) is 4. The maximum absolute atomic E-state index is 13.6. The zero-order valence-electron chi connectivity index (χ0n) is 17.7. The van der Waals surface area contributed by atoms with E-state index in [4.69, 9.17) is 0 Å². The maximum Gasteiger partial charge on any atom is 0.271 e. The zero-order valence-corrected chi connectivity index (χ0v) is 18.5. The third-order valence-corrected chi connectivity index (χ3v) is 7.35. The van der Waals surface area contributed by atoms with E-state index in [0.29, 0.717) is 16.8 Å². The van der Waals surface area contributed by atoms with Gasteiger partial charge in [-0.15, -0.1) is 0 Å². The normalized spacial score (nSPS) is 19.1. The molecule has 158 valence electrons. The summed E-state index contributed by atoms with van der Waals surface area (Å²) in [6, 6.07) is 23.6. The summed E-state index contributed by atoms with van der Waals surface area (Å²) in [4.78, 5) is 16.6. The van der Waals surface area contributed by atoms with Gasteiger partial charge in [0.1, 0.15) is 4.91 Å². The van der Waals surface area contributed by atoms with Crippen molar-refractivity contribution in [3.05, 3.63) is 100 Å². The zero-order chi connectivity index (χ0) is 22.2. The standard InChI is InChI=1S/C25H24N2O3S/c1-18-9-13-22(14-10-18)27-24(28)23(17-19-11-15-21(16-12-19)26(2)3)31(29,30)25(27)20-7-5-4-6-8-20/h4-17,25H,1-3H3/b23-17+. The van der Waals surface area contributed by atoms with Gasteiger partial charge in [-0.2, -0.15) is 0 Å². The molecule has 0 aromatic heterocycles. The predicted molar refractivity (Wildman–Crippen MR) is 126 cm³/mol. The van der Waals surface area contributed by atoms with Crippen molar-refractivity contribution < 1.29 is 13.2 Å². The molecule has 5 nitrogen and oxygen atoms in total. The molecule has 3 aromatic carbocycles. The summed E-state index contributed by atoms with van der Waals surface area (Å²) in [6.07, 6.45) is 1.47. The lowest BCUT2D eigenvalue weighted by Gasteiger charge is -2.23. The van der Waals surface area contributed by atoms with E-state index in [1.54, 1.807) is 36.4 Å². The van der Waals surface area contributed by atoms with Gasteiger partial charge in [0.05, 0.1) is 0 Å². The molecule has 1 aliphatic heterocycles. The van der Waals surface area contributed by atoms with Crippen molar-refractivity contribution in [2.24, 2.45) is 0 Å². The van der Waals surface area contributed by atoms with Crippen LogP contribution in [0.4, 0.5) is 11.4 Å². The highest BCUT2D eigenvalue weighted by atomic mass is 32.2. The first-order valence-electron chi connectivity index (χ1n) is 9.97. The first kappa shape index (κ1) is 20.9. The Morgan fingerprint density at radius 2 is 1.48 bits per heavy atom. The van der Waals surface area contributed by atoms with Gasteiger partial charge in [-0.3, -0.25) is 9.69 Å². The molecule has 1 saturated heterocycles. The predicted octanol–water partition coefficient (Wildman–Crippen LogP) is 4.56. The lowest BCUT2D eigenvalue weighted by atomic mass is 10.1. The highest BCUT2D eigenvalue weighted by molar-refractivity contribution is 7.97. The van der Waals surface area contributed by atoms with Gasteiger partial charge in [0.2, 0.25) is 9.84 Å². The third kappa shape index (κ3) is 3.86. The lowest BCUT2D eigenvalue weighted by Crippen LogP contribution is -2.28. The fourth-order valence-corrected chi connectivity index (χ4v) is 5.57. The molecule has 0 bridgehead atoms. The molecule has 4 rings (SSSR count). The molecule has 0 radical (unpaired) electrons. The van der Waals surface area contributed by atoms with Crippen molar-refractivity contribution in [2.75, 3.05) is 23.9 Å². The van der Waals surface area contributed by atoms with Crippen molar-refractivity contribution in [2.45, 2.75) is 12.3 Å². The Morgan fingerprint density at radius 1 is 0.871 bits per heavy atom. The number of rotatable bonds is 4. The Bertz CT molecular complexity index is 1230. The van der Waals surface area contributed by atoms with Gasteiger partial charge in [0, 0.05) is 25.5 Å². The van der Waals surface area contributed by atoms with Crippen molar-refractivity contribution in [1.82, 2.24) is 0 Å². The number of anilines is 2. The van der Waals surface area contributed by atoms with E-state index >= 15 is 0 Å². The van der Waals surface area contributed by atoms with Gasteiger partial charge < -0.3 is 4.90 Å². The van der Waals surface area contributed by atoms with E-state index in [1.807, 2.05) is 68.4 Å². The van der Waals surface area contributed by atoms with Crippen LogP contribution in [0.5, 0.6) is 0 Å². The van der Waals surface area contributed by atoms with Gasteiger partial charge >= 0.3 is 0 Å². The number of sulfone groups is 1. The van der Waals surface area contributed by atoms with E-state index in [2.05, 4.69) is 0 Å². The lowest BCUT2D eigenvalue weighted by molar-refractivity contribution is -0.114. The molecular weight excluding hydrogens is 408 g/mol. The first-order chi connectivity index (χ1) is 14.8. The van der Waals surface area contributed by atoms with E-state index < -0.39 is 21.1 Å². The SMILES string of the molecule is Cc1ccc(N2C(=O)/C(=C\c3ccc(N(C)C)cc3)S(=O)(=O)C2c2ccccc2)cc1. The number of aryl methyl sites for hydroxylation is 1. The largest absolute Gasteiger partial charge is 0.378 e. The summed E-state index contributed by atoms with van der Waals surface area (Å²) in [6.45, 7) is 1.95. The number of benzene rings is 3. The Hall–Kier alpha value is -3.38. The van der Waals surface area contributed by atoms with Gasteiger partial charge in [0.15, 0.2) is 5.37 Å². The fraction of sp³-hybridized carbons (Fsp3) is 0.160. The summed E-state index contributed by atoms with van der Waals surface area (Å²) in [5.74, 6) is -0.519. The second-order valence-corrected chi connectivity index (χ2v) is 9.79. The minimum atomic E-state index is -3.94. The van der Waals surface area contributed by atoms with Crippen LogP contribution in [0.1, 0.15) is 22.1 Å². The Morgan fingerprint density at radius 3 is 2.06 bits per heavy atom. The molecular formula is C25H24N2O3S. The number of amides is 1. The second kappa shape index (κ2) is 8.04. The molecule has 1 aliphatic rings. The Balaban J connectivity index is 1.85. The number of carbonyl (C=O) groups excluding carboxylic acids is 1. The second-order valence-electron chi connectivity index (χ2n) is 7.81. The molecule has 1 heterocycles. The van der Waals surface area contributed by atoms with Crippen molar-refractivity contribution in [3.8, 4) is 0 Å². The van der Waals surface area contributed by atoms with Crippen LogP contribution in [0.15, 0.2) is 83.8 Å². The highest BCUT2D eigenvalue weighted by Crippen LogP contribution is 2.43. The summed E-state index contributed by atoms with van der Waals surface area (Å²) >= 11 is 0. The quantitative estimate of drug-likeness (QED) is 0.567. The average Bonchev–Trinajstić information content (AvgIpc) is 2.95. The molecule has 31 heavy (non-hydrogen) atoms. The number of nitrogens with zero attached hydrogens (tertiary/aromatic N) is 2. The molecule has 1 unspecified atom stereocenters. The van der Waals surface area contributed by atoms with Gasteiger partial charge in [-0.1, -0.05) is 60.2 Å². The molecule has 0 spiro atoms. The van der Waals surface area contributed by atoms with Crippen LogP contribution in [0.3, 0.4) is 0 Å². The van der Waals surface area contributed by atoms with Crippen LogP contribution >= 0.6 is 0 Å². The van der Waals surface area contributed by atoms with Crippen LogP contribution in [-0.4, -0.2) is 28.4 Å². The average molecular weight is 433 g/mol. The van der Waals surface area contributed by atoms with Crippen LogP contribution < -0.4 is 9.80 Å². The highest BCUT2D eigenvalue weighted by Gasteiger charge is 2.50. The third-order valence-electron chi connectivity index (χ3n) is 5.37. The topological polar surface area (TPSA) is 57.7 Å². The van der Waals surface area contributed by atoms with Gasteiger partial charge in [-0.05, 0) is 48.4 Å². The molecule has 1 amide bonds. The molecule has 0 N–H and O–H groups in total. The van der Waals surface area contributed by atoms with Crippen LogP contribution in [0.25, 0.3) is 6.08 Å². The summed E-state index contributed by atoms with van der Waals surface area (Å²) in [7, 11) is -0.0694. The first-order valence-corrected chi connectivity index (χ1v) is 11.5. The molecule has 1 fully saturated rings. The van der Waals surface area contributed by atoms with Crippen molar-refractivity contribution >= 4 is 33.2 Å². The van der Waals surface area contributed by atoms with Crippen molar-refractivity contribution in [3.63, 3.8) is 0 Å². The summed E-state index contributed by atoms with van der Waals surface area (Å²) in [5, 5.41) is -1.10. The summed E-state index contributed by atoms with van der Waals surface area (Å²) in [5.41, 5.74) is 3.80. The van der Waals surface area contributed by atoms with Crippen LogP contribution in [0.2, 0.25) is 0 Å². The number of carbonyl (C=O) groups is 1. The van der Waals surface area contributed by atoms with Gasteiger partial charge in [0.25, 0.3) is 5.91 Å². The van der Waals surface area contributed by atoms with Crippen LogP contribution in [-0.2, 0) is 14.6 Å². The molecule has 0 saturated carbocycles. The van der Waals surface area contributed by atoms with Gasteiger partial charge in [-0.25, -0.2) is 8.42 Å². The van der Waals surface area contributed by atoms with E-state index in [9.17, 15) is 13.2 Å². The van der Waals surface area contributed by atoms with E-state index in [0.717, 1.165) is 11.3 Å². The van der Waals surface area contributed by atoms with E-state index in [1.165, 1.54) is 11.0 Å². The maximum atomic E-state index is 13.6. The fourth-order valence-electron chi connectivity index (χ4n) is 3.67. The van der Waals surface area contributed by atoms with Crippen LogP contribution in [0, 0.1) is 6.92 Å².